The summed E-state index contributed by atoms with van der Waals surface area (Å²) in [5.41, 5.74) is 1.84. The number of benzene rings is 1. The smallest absolute Gasteiger partial charge is 0.234 e. The Balaban J connectivity index is 1.59. The van der Waals surface area contributed by atoms with Crippen LogP contribution in [0.3, 0.4) is 0 Å². The first-order valence-corrected chi connectivity index (χ1v) is 7.95. The number of aliphatic hydroxyl groups excluding tert-OH is 1. The van der Waals surface area contributed by atoms with Crippen LogP contribution >= 0.6 is 0 Å². The second-order valence-corrected chi connectivity index (χ2v) is 6.02. The van der Waals surface area contributed by atoms with Crippen LogP contribution in [0.4, 0.5) is 4.39 Å². The molecule has 0 bridgehead atoms. The maximum atomic E-state index is 13.1. The molecule has 6 heteroatoms. The number of pyridine rings is 1. The van der Waals surface area contributed by atoms with Gasteiger partial charge in [0.2, 0.25) is 5.91 Å². The molecule has 1 saturated heterocycles. The molecule has 1 fully saturated rings. The molecule has 1 amide bonds. The van der Waals surface area contributed by atoms with Gasteiger partial charge in [-0.1, -0.05) is 18.2 Å². The lowest BCUT2D eigenvalue weighted by molar-refractivity contribution is -0.122. The van der Waals surface area contributed by atoms with Gasteiger partial charge in [-0.2, -0.15) is 0 Å². The van der Waals surface area contributed by atoms with Gasteiger partial charge in [-0.25, -0.2) is 4.39 Å². The van der Waals surface area contributed by atoms with Crippen molar-refractivity contribution in [1.82, 2.24) is 15.2 Å². The van der Waals surface area contributed by atoms with E-state index in [0.29, 0.717) is 19.5 Å². The number of hydrogen-bond acceptors (Lipinski definition) is 4. The van der Waals surface area contributed by atoms with E-state index in [0.717, 1.165) is 11.1 Å². The first-order valence-electron chi connectivity index (χ1n) is 7.95. The van der Waals surface area contributed by atoms with Crippen LogP contribution in [0.1, 0.15) is 23.6 Å². The highest BCUT2D eigenvalue weighted by molar-refractivity contribution is 5.78. The molecular formula is C18H20FN3O2. The highest BCUT2D eigenvalue weighted by atomic mass is 19.1. The monoisotopic (exact) mass is 329 g/mol. The number of carbonyl (C=O) groups excluding carboxylic acids is 1. The Kier molecular flexibility index (Phi) is 5.17. The summed E-state index contributed by atoms with van der Waals surface area (Å²) in [6.07, 6.45) is 3.46. The van der Waals surface area contributed by atoms with E-state index in [-0.39, 0.29) is 24.3 Å². The minimum Gasteiger partial charge on any atom is -0.392 e. The third-order valence-corrected chi connectivity index (χ3v) is 4.20. The van der Waals surface area contributed by atoms with Crippen LogP contribution in [0, 0.1) is 5.82 Å². The number of carbonyl (C=O) groups is 1. The number of nitrogens with one attached hydrogen (secondary N) is 1. The van der Waals surface area contributed by atoms with Crippen molar-refractivity contribution < 1.29 is 14.3 Å². The minimum atomic E-state index is -0.480. The number of amides is 1. The summed E-state index contributed by atoms with van der Waals surface area (Å²) in [5, 5.41) is 12.8. The van der Waals surface area contributed by atoms with Crippen LogP contribution < -0.4 is 5.32 Å². The summed E-state index contributed by atoms with van der Waals surface area (Å²) in [5.74, 6) is -0.405. The highest BCUT2D eigenvalue weighted by Crippen LogP contribution is 2.31. The van der Waals surface area contributed by atoms with Crippen molar-refractivity contribution in [3.05, 3.63) is 65.7 Å². The molecule has 1 aliphatic heterocycles. The fraction of sp³-hybridized carbons (Fsp3) is 0.333. The zero-order valence-corrected chi connectivity index (χ0v) is 13.2. The second-order valence-electron chi connectivity index (χ2n) is 6.02. The normalized spacial score (nSPS) is 20.9. The van der Waals surface area contributed by atoms with Gasteiger partial charge in [-0.15, -0.1) is 0 Å². The molecule has 1 aliphatic rings. The number of likely N-dealkylation sites (tertiary alicyclic amines) is 1. The average Bonchev–Trinajstić information content (AvgIpc) is 2.95. The van der Waals surface area contributed by atoms with Gasteiger partial charge in [-0.3, -0.25) is 14.7 Å². The number of aliphatic hydroxyl groups is 1. The predicted molar refractivity (Wildman–Crippen MR) is 87.4 cm³/mol. The Labute approximate surface area is 140 Å². The first kappa shape index (κ1) is 16.5. The standard InChI is InChI=1S/C18H20FN3O2/c19-15-5-3-14(4-6-15)17-8-16(23)11-22(17)12-18(24)21-10-13-2-1-7-20-9-13/h1-7,9,16-17,23H,8,10-12H2,(H,21,24). The van der Waals surface area contributed by atoms with Gasteiger partial charge in [0.1, 0.15) is 5.82 Å². The topological polar surface area (TPSA) is 65.5 Å². The third-order valence-electron chi connectivity index (χ3n) is 4.20. The van der Waals surface area contributed by atoms with E-state index in [4.69, 9.17) is 0 Å². The maximum Gasteiger partial charge on any atom is 0.234 e. The highest BCUT2D eigenvalue weighted by Gasteiger charge is 2.33. The number of nitrogens with zero attached hydrogens (tertiary/aromatic N) is 2. The Morgan fingerprint density at radius 1 is 1.33 bits per heavy atom. The van der Waals surface area contributed by atoms with Gasteiger partial charge < -0.3 is 10.4 Å². The molecule has 2 unspecified atom stereocenters. The summed E-state index contributed by atoms with van der Waals surface area (Å²) >= 11 is 0. The lowest BCUT2D eigenvalue weighted by atomic mass is 10.0. The van der Waals surface area contributed by atoms with Crippen molar-refractivity contribution in [2.75, 3.05) is 13.1 Å². The number of hydrogen-bond donors (Lipinski definition) is 2. The molecule has 0 aliphatic carbocycles. The molecule has 1 aromatic carbocycles. The van der Waals surface area contributed by atoms with Gasteiger partial charge in [0.25, 0.3) is 0 Å². The summed E-state index contributed by atoms with van der Waals surface area (Å²) in [4.78, 5) is 18.1. The molecule has 5 nitrogen and oxygen atoms in total. The van der Waals surface area contributed by atoms with Crippen LogP contribution in [0.25, 0.3) is 0 Å². The van der Waals surface area contributed by atoms with Crippen molar-refractivity contribution >= 4 is 5.91 Å². The summed E-state index contributed by atoms with van der Waals surface area (Å²) < 4.78 is 13.1. The van der Waals surface area contributed by atoms with Crippen LogP contribution in [0.2, 0.25) is 0 Å². The van der Waals surface area contributed by atoms with Crippen molar-refractivity contribution in [2.24, 2.45) is 0 Å². The van der Waals surface area contributed by atoms with Crippen LogP contribution in [0.5, 0.6) is 0 Å². The van der Waals surface area contributed by atoms with Crippen LogP contribution in [-0.2, 0) is 11.3 Å². The van der Waals surface area contributed by atoms with E-state index in [1.807, 2.05) is 17.0 Å². The third kappa shape index (κ3) is 4.15. The SMILES string of the molecule is O=C(CN1CC(O)CC1c1ccc(F)cc1)NCc1cccnc1. The Morgan fingerprint density at radius 2 is 2.12 bits per heavy atom. The molecule has 0 saturated carbocycles. The largest absolute Gasteiger partial charge is 0.392 e. The van der Waals surface area contributed by atoms with Gasteiger partial charge >= 0.3 is 0 Å². The zero-order valence-electron chi connectivity index (χ0n) is 13.2. The van der Waals surface area contributed by atoms with Crippen LogP contribution in [0.15, 0.2) is 48.8 Å². The first-order chi connectivity index (χ1) is 11.6. The van der Waals surface area contributed by atoms with E-state index < -0.39 is 6.10 Å². The second kappa shape index (κ2) is 7.51. The molecule has 2 aromatic rings. The molecule has 2 heterocycles. The van der Waals surface area contributed by atoms with Gasteiger partial charge in [0, 0.05) is 31.5 Å². The fourth-order valence-electron chi connectivity index (χ4n) is 3.03. The Bertz CT molecular complexity index is 678. The van der Waals surface area contributed by atoms with Crippen molar-refractivity contribution in [1.29, 1.82) is 0 Å². The maximum absolute atomic E-state index is 13.1. The van der Waals surface area contributed by atoms with Crippen LogP contribution in [-0.4, -0.2) is 40.1 Å². The fourth-order valence-corrected chi connectivity index (χ4v) is 3.03. The number of rotatable bonds is 5. The molecule has 24 heavy (non-hydrogen) atoms. The quantitative estimate of drug-likeness (QED) is 0.875. The van der Waals surface area contributed by atoms with E-state index in [9.17, 15) is 14.3 Å². The average molecular weight is 329 g/mol. The van der Waals surface area contributed by atoms with E-state index >= 15 is 0 Å². The van der Waals surface area contributed by atoms with Crippen molar-refractivity contribution in [2.45, 2.75) is 25.1 Å². The molecule has 0 spiro atoms. The molecule has 2 N–H and O–H groups in total. The molecule has 1 aromatic heterocycles. The summed E-state index contributed by atoms with van der Waals surface area (Å²) in [6.45, 7) is 1.05. The number of β-amino-alcohol motifs (C(OH)–C–C–N with tert-alkyl or cyclic N) is 1. The summed E-state index contributed by atoms with van der Waals surface area (Å²) in [7, 11) is 0. The molecule has 3 rings (SSSR count). The lowest BCUT2D eigenvalue weighted by Crippen LogP contribution is -2.37. The van der Waals surface area contributed by atoms with E-state index in [2.05, 4.69) is 10.3 Å². The minimum absolute atomic E-state index is 0.0789. The summed E-state index contributed by atoms with van der Waals surface area (Å²) in [6, 6.07) is 9.86. The van der Waals surface area contributed by atoms with Gasteiger partial charge in [0.05, 0.1) is 12.6 Å². The number of aromatic nitrogens is 1. The van der Waals surface area contributed by atoms with Crippen molar-refractivity contribution in [3.8, 4) is 0 Å². The van der Waals surface area contributed by atoms with Crippen molar-refractivity contribution in [3.63, 3.8) is 0 Å². The zero-order chi connectivity index (χ0) is 16.9. The van der Waals surface area contributed by atoms with Gasteiger partial charge in [-0.05, 0) is 35.7 Å². The van der Waals surface area contributed by atoms with Gasteiger partial charge in [0.15, 0.2) is 0 Å². The lowest BCUT2D eigenvalue weighted by Gasteiger charge is -2.23. The van der Waals surface area contributed by atoms with E-state index in [1.54, 1.807) is 24.5 Å². The molecule has 2 atom stereocenters. The van der Waals surface area contributed by atoms with E-state index in [1.165, 1.54) is 12.1 Å². The Morgan fingerprint density at radius 3 is 2.83 bits per heavy atom. The molecule has 0 radical (unpaired) electrons. The molecular weight excluding hydrogens is 309 g/mol. The molecule has 126 valence electrons. The predicted octanol–water partition coefficient (Wildman–Crippen LogP) is 1.64. The number of halogens is 1. The Hall–Kier alpha value is -2.31.